The fourth-order valence-corrected chi connectivity index (χ4v) is 7.56. The second-order valence-electron chi connectivity index (χ2n) is 8.15. The number of sulfonamides is 1. The van der Waals surface area contributed by atoms with Gasteiger partial charge in [-0.2, -0.15) is 0 Å². The molecule has 1 unspecified atom stereocenters. The predicted molar refractivity (Wildman–Crippen MR) is 90.1 cm³/mol. The third-order valence-electron chi connectivity index (χ3n) is 6.25. The molecule has 2 saturated carbocycles. The Morgan fingerprint density at radius 1 is 1.36 bits per heavy atom. The van der Waals surface area contributed by atoms with E-state index in [9.17, 15) is 13.2 Å². The predicted octanol–water partition coefficient (Wildman–Crippen LogP) is 3.08. The number of rotatable bonds is 2. The third-order valence-corrected chi connectivity index (χ3v) is 8.43. The number of halogens is 1. The summed E-state index contributed by atoms with van der Waals surface area (Å²) in [5, 5.41) is 0. The van der Waals surface area contributed by atoms with Crippen molar-refractivity contribution in [2.24, 2.45) is 16.7 Å². The third kappa shape index (κ3) is 2.13. The van der Waals surface area contributed by atoms with Crippen molar-refractivity contribution < 1.29 is 13.2 Å². The van der Waals surface area contributed by atoms with Crippen molar-refractivity contribution in [1.82, 2.24) is 4.31 Å². The molecule has 1 saturated heterocycles. The molecule has 0 aromatic carbocycles. The molecule has 3 rings (SSSR count). The van der Waals surface area contributed by atoms with Gasteiger partial charge in [-0.3, -0.25) is 4.79 Å². The number of alkyl halides is 1. The Bertz CT molecular complexity index is 647. The zero-order valence-electron chi connectivity index (χ0n) is 13.6. The second kappa shape index (κ2) is 4.59. The molecule has 4 nitrogen and oxygen atoms in total. The minimum absolute atomic E-state index is 0.00181. The SMILES string of the molecule is CC(C)(Br)/C=C/C(=O)N1C2C[C@H]3CC[C@]2(CS1(=O)=O)C3(C)C. The summed E-state index contributed by atoms with van der Waals surface area (Å²) >= 11 is 3.44. The van der Waals surface area contributed by atoms with E-state index < -0.39 is 15.9 Å². The average Bonchev–Trinajstić information content (AvgIpc) is 2.81. The van der Waals surface area contributed by atoms with Gasteiger partial charge in [-0.05, 0) is 44.4 Å². The number of hydrogen-bond donors (Lipinski definition) is 0. The number of nitrogens with zero attached hydrogens (tertiary/aromatic N) is 1. The lowest BCUT2D eigenvalue weighted by Crippen LogP contribution is -2.43. The van der Waals surface area contributed by atoms with E-state index >= 15 is 0 Å². The monoisotopic (exact) mass is 389 g/mol. The van der Waals surface area contributed by atoms with Crippen LogP contribution in [0, 0.1) is 16.7 Å². The summed E-state index contributed by atoms with van der Waals surface area (Å²) in [6.45, 7) is 8.20. The molecule has 1 amide bonds. The lowest BCUT2D eigenvalue weighted by Gasteiger charge is -2.36. The molecule has 2 bridgehead atoms. The van der Waals surface area contributed by atoms with Gasteiger partial charge in [0, 0.05) is 15.8 Å². The highest BCUT2D eigenvalue weighted by atomic mass is 79.9. The zero-order valence-corrected chi connectivity index (χ0v) is 16.0. The molecule has 0 aromatic rings. The standard InChI is InChI=1S/C16H24BrNO3S/c1-14(2,17)7-6-13(19)18-12-9-11-5-8-16(12,15(11,3)4)10-22(18,20)21/h6-7,11-12H,5,8-10H2,1-4H3/b7-6+/t11-,12?,16-/m1/s1. The number of carbonyl (C=O) groups excluding carboxylic acids is 1. The molecule has 22 heavy (non-hydrogen) atoms. The summed E-state index contributed by atoms with van der Waals surface area (Å²) < 4.78 is 26.2. The van der Waals surface area contributed by atoms with Gasteiger partial charge in [-0.15, -0.1) is 0 Å². The minimum Gasteiger partial charge on any atom is -0.269 e. The van der Waals surface area contributed by atoms with E-state index in [4.69, 9.17) is 0 Å². The normalized spacial score (nSPS) is 38.7. The minimum atomic E-state index is -3.51. The van der Waals surface area contributed by atoms with Crippen LogP contribution in [-0.4, -0.2) is 34.7 Å². The van der Waals surface area contributed by atoms with Gasteiger partial charge >= 0.3 is 0 Å². The highest BCUT2D eigenvalue weighted by Crippen LogP contribution is 2.69. The van der Waals surface area contributed by atoms with Crippen molar-refractivity contribution in [2.45, 2.75) is 57.3 Å². The first kappa shape index (κ1) is 16.5. The summed E-state index contributed by atoms with van der Waals surface area (Å²) in [5.41, 5.74) is -0.248. The van der Waals surface area contributed by atoms with E-state index in [0.29, 0.717) is 5.92 Å². The topological polar surface area (TPSA) is 54.5 Å². The Labute approximate surface area is 141 Å². The van der Waals surface area contributed by atoms with E-state index in [-0.39, 0.29) is 26.9 Å². The van der Waals surface area contributed by atoms with Crippen LogP contribution in [0.5, 0.6) is 0 Å². The molecular weight excluding hydrogens is 366 g/mol. The number of fused-ring (bicyclic) bond motifs is 1. The summed E-state index contributed by atoms with van der Waals surface area (Å²) in [6, 6.07) is -0.151. The molecule has 0 radical (unpaired) electrons. The van der Waals surface area contributed by atoms with Gasteiger partial charge in [0.05, 0.1) is 11.8 Å². The maximum absolute atomic E-state index is 12.7. The van der Waals surface area contributed by atoms with Gasteiger partial charge in [0.2, 0.25) is 10.0 Å². The van der Waals surface area contributed by atoms with Crippen LogP contribution < -0.4 is 0 Å². The van der Waals surface area contributed by atoms with Crippen LogP contribution in [0.25, 0.3) is 0 Å². The highest BCUT2D eigenvalue weighted by Gasteiger charge is 2.72. The summed E-state index contributed by atoms with van der Waals surface area (Å²) in [5.74, 6) is 0.267. The average molecular weight is 390 g/mol. The number of hydrogen-bond acceptors (Lipinski definition) is 3. The maximum Gasteiger partial charge on any atom is 0.260 e. The fraction of sp³-hybridized carbons (Fsp3) is 0.812. The quantitative estimate of drug-likeness (QED) is 0.538. The van der Waals surface area contributed by atoms with Crippen LogP contribution in [0.3, 0.4) is 0 Å². The van der Waals surface area contributed by atoms with Crippen LogP contribution in [0.1, 0.15) is 47.0 Å². The fourth-order valence-electron chi connectivity index (χ4n) is 4.92. The molecule has 3 fully saturated rings. The molecule has 2 aliphatic carbocycles. The molecule has 3 aliphatic rings. The molecule has 1 aliphatic heterocycles. The van der Waals surface area contributed by atoms with Crippen LogP contribution >= 0.6 is 15.9 Å². The van der Waals surface area contributed by atoms with Crippen LogP contribution in [-0.2, 0) is 14.8 Å². The Hall–Kier alpha value is -0.360. The maximum atomic E-state index is 12.7. The first-order chi connectivity index (χ1) is 9.91. The van der Waals surface area contributed by atoms with E-state index in [1.165, 1.54) is 10.4 Å². The van der Waals surface area contributed by atoms with E-state index in [1.54, 1.807) is 6.08 Å². The first-order valence-corrected chi connectivity index (χ1v) is 10.3. The van der Waals surface area contributed by atoms with Gasteiger partial charge in [0.15, 0.2) is 0 Å². The van der Waals surface area contributed by atoms with Gasteiger partial charge in [0.1, 0.15) is 0 Å². The number of allylic oxidation sites excluding steroid dienone is 1. The van der Waals surface area contributed by atoms with Crippen LogP contribution in [0.15, 0.2) is 12.2 Å². The largest absolute Gasteiger partial charge is 0.269 e. The smallest absolute Gasteiger partial charge is 0.260 e. The molecule has 6 heteroatoms. The lowest BCUT2D eigenvalue weighted by atomic mass is 9.69. The first-order valence-electron chi connectivity index (χ1n) is 7.85. The Balaban J connectivity index is 1.97. The van der Waals surface area contributed by atoms with Gasteiger partial charge in [-0.1, -0.05) is 35.9 Å². The summed E-state index contributed by atoms with van der Waals surface area (Å²) in [7, 11) is -3.51. The Kier molecular flexibility index (Phi) is 3.44. The van der Waals surface area contributed by atoms with Crippen molar-refractivity contribution in [3.05, 3.63) is 12.2 Å². The second-order valence-corrected chi connectivity index (χ2v) is 12.0. The van der Waals surface area contributed by atoms with Gasteiger partial charge in [-0.25, -0.2) is 12.7 Å². The summed E-state index contributed by atoms with van der Waals surface area (Å²) in [6.07, 6.45) is 5.96. The van der Waals surface area contributed by atoms with E-state index in [2.05, 4.69) is 29.8 Å². The van der Waals surface area contributed by atoms with E-state index in [0.717, 1.165) is 19.3 Å². The Morgan fingerprint density at radius 3 is 2.55 bits per heavy atom. The van der Waals surface area contributed by atoms with Crippen molar-refractivity contribution >= 4 is 31.9 Å². The molecule has 3 atom stereocenters. The molecule has 1 spiro atoms. The Morgan fingerprint density at radius 2 is 2.00 bits per heavy atom. The zero-order chi connectivity index (χ0) is 16.6. The van der Waals surface area contributed by atoms with Crippen molar-refractivity contribution in [2.75, 3.05) is 5.75 Å². The lowest BCUT2D eigenvalue weighted by molar-refractivity contribution is -0.124. The van der Waals surface area contributed by atoms with Crippen molar-refractivity contribution in [1.29, 1.82) is 0 Å². The van der Waals surface area contributed by atoms with Crippen molar-refractivity contribution in [3.8, 4) is 0 Å². The molecule has 0 N–H and O–H groups in total. The summed E-state index contributed by atoms with van der Waals surface area (Å²) in [4.78, 5) is 12.6. The van der Waals surface area contributed by atoms with Crippen molar-refractivity contribution in [3.63, 3.8) is 0 Å². The molecule has 124 valence electrons. The molecule has 1 heterocycles. The van der Waals surface area contributed by atoms with Crippen LogP contribution in [0.4, 0.5) is 0 Å². The highest BCUT2D eigenvalue weighted by molar-refractivity contribution is 9.10. The van der Waals surface area contributed by atoms with Gasteiger partial charge in [0.25, 0.3) is 5.91 Å². The van der Waals surface area contributed by atoms with Crippen LogP contribution in [0.2, 0.25) is 0 Å². The molecular formula is C16H24BrNO3S. The number of amides is 1. The van der Waals surface area contributed by atoms with E-state index in [1.807, 2.05) is 13.8 Å². The van der Waals surface area contributed by atoms with Gasteiger partial charge < -0.3 is 0 Å². The number of carbonyl (C=O) groups is 1. The molecule has 0 aromatic heterocycles.